The third-order valence-electron chi connectivity index (χ3n) is 4.74. The number of sulfonamides is 1. The van der Waals surface area contributed by atoms with E-state index in [-0.39, 0.29) is 36.0 Å². The van der Waals surface area contributed by atoms with Crippen molar-refractivity contribution in [2.75, 3.05) is 32.7 Å². The Bertz CT molecular complexity index is 801. The summed E-state index contributed by atoms with van der Waals surface area (Å²) >= 11 is 0. The fourth-order valence-corrected chi connectivity index (χ4v) is 4.38. The summed E-state index contributed by atoms with van der Waals surface area (Å²) in [7, 11) is -3.96. The van der Waals surface area contributed by atoms with Gasteiger partial charge >= 0.3 is 0 Å². The highest BCUT2D eigenvalue weighted by Crippen LogP contribution is 2.26. The predicted molar refractivity (Wildman–Crippen MR) is 101 cm³/mol. The van der Waals surface area contributed by atoms with Crippen molar-refractivity contribution in [1.82, 2.24) is 14.5 Å². The molecular weight excluding hydrogens is 372 g/mol. The van der Waals surface area contributed by atoms with E-state index in [0.29, 0.717) is 13.1 Å². The van der Waals surface area contributed by atoms with Gasteiger partial charge in [0, 0.05) is 37.8 Å². The molecule has 0 atom stereocenters. The van der Waals surface area contributed by atoms with Crippen molar-refractivity contribution in [2.45, 2.75) is 37.6 Å². The van der Waals surface area contributed by atoms with Crippen LogP contribution in [0.4, 0.5) is 5.69 Å². The summed E-state index contributed by atoms with van der Waals surface area (Å²) in [4.78, 5) is 24.2. The van der Waals surface area contributed by atoms with Crippen LogP contribution in [0.3, 0.4) is 0 Å². The quantitative estimate of drug-likeness (QED) is 0.546. The van der Waals surface area contributed by atoms with Gasteiger partial charge in [0.05, 0.1) is 11.5 Å². The van der Waals surface area contributed by atoms with Gasteiger partial charge in [-0.3, -0.25) is 19.8 Å². The van der Waals surface area contributed by atoms with E-state index in [1.54, 1.807) is 0 Å². The highest BCUT2D eigenvalue weighted by molar-refractivity contribution is 7.89. The van der Waals surface area contributed by atoms with Crippen molar-refractivity contribution in [2.24, 2.45) is 0 Å². The van der Waals surface area contributed by atoms with E-state index in [1.807, 2.05) is 25.7 Å². The number of carbonyl (C=O) groups is 1. The first-order chi connectivity index (χ1) is 12.6. The maximum Gasteiger partial charge on any atom is 0.289 e. The molecule has 150 valence electrons. The minimum Gasteiger partial charge on any atom is -0.350 e. The standard InChI is InChI=1S/C17H26N4O5S/c1-4-17(2,3)18-16(22)13-19-9-11-20(12-10-19)27(25,26)15-8-6-5-7-14(15)21(23)24/h5-8H,4,9-13H2,1-3H3,(H,18,22). The average molecular weight is 398 g/mol. The summed E-state index contributed by atoms with van der Waals surface area (Å²) in [5.74, 6) is -0.100. The van der Waals surface area contributed by atoms with Crippen LogP contribution in [0.15, 0.2) is 29.2 Å². The van der Waals surface area contributed by atoms with Gasteiger partial charge < -0.3 is 5.32 Å². The van der Waals surface area contributed by atoms with E-state index in [4.69, 9.17) is 0 Å². The van der Waals surface area contributed by atoms with Crippen molar-refractivity contribution in [3.05, 3.63) is 34.4 Å². The summed E-state index contributed by atoms with van der Waals surface area (Å²) in [5.41, 5.74) is -0.713. The first-order valence-corrected chi connectivity index (χ1v) is 10.3. The molecule has 1 heterocycles. The Labute approximate surface area is 159 Å². The molecule has 0 bridgehead atoms. The Morgan fingerprint density at radius 3 is 2.37 bits per heavy atom. The Kier molecular flexibility index (Phi) is 6.55. The Morgan fingerprint density at radius 2 is 1.81 bits per heavy atom. The van der Waals surface area contributed by atoms with Gasteiger partial charge in [0.1, 0.15) is 0 Å². The molecule has 1 aromatic carbocycles. The molecule has 1 fully saturated rings. The van der Waals surface area contributed by atoms with Gasteiger partial charge in [0.2, 0.25) is 15.9 Å². The Balaban J connectivity index is 2.01. The number of rotatable bonds is 7. The van der Waals surface area contributed by atoms with Gasteiger partial charge in [-0.05, 0) is 26.3 Å². The number of carbonyl (C=O) groups excluding carboxylic acids is 1. The molecule has 27 heavy (non-hydrogen) atoms. The van der Waals surface area contributed by atoms with Crippen molar-refractivity contribution in [1.29, 1.82) is 0 Å². The summed E-state index contributed by atoms with van der Waals surface area (Å²) in [6, 6.07) is 5.34. The molecule has 0 unspecified atom stereocenters. The number of amides is 1. The van der Waals surface area contributed by atoms with E-state index >= 15 is 0 Å². The zero-order chi connectivity index (χ0) is 20.2. The third-order valence-corrected chi connectivity index (χ3v) is 6.69. The Hall–Kier alpha value is -2.04. The Morgan fingerprint density at radius 1 is 1.22 bits per heavy atom. The summed E-state index contributed by atoms with van der Waals surface area (Å²) in [6.07, 6.45) is 0.806. The largest absolute Gasteiger partial charge is 0.350 e. The topological polar surface area (TPSA) is 113 Å². The van der Waals surface area contributed by atoms with Gasteiger partial charge in [0.25, 0.3) is 5.69 Å². The molecule has 1 aliphatic heterocycles. The van der Waals surface area contributed by atoms with Crippen LogP contribution in [-0.2, 0) is 14.8 Å². The lowest BCUT2D eigenvalue weighted by atomic mass is 10.0. The van der Waals surface area contributed by atoms with Crippen LogP contribution < -0.4 is 5.32 Å². The van der Waals surface area contributed by atoms with Gasteiger partial charge in [-0.15, -0.1) is 0 Å². The molecule has 0 aliphatic carbocycles. The molecule has 0 saturated carbocycles. The average Bonchev–Trinajstić information content (AvgIpc) is 2.61. The van der Waals surface area contributed by atoms with Crippen LogP contribution in [0.25, 0.3) is 0 Å². The molecular formula is C17H26N4O5S. The molecule has 0 aromatic heterocycles. The molecule has 1 amide bonds. The van der Waals surface area contributed by atoms with Gasteiger partial charge in [-0.1, -0.05) is 19.1 Å². The van der Waals surface area contributed by atoms with Crippen LogP contribution >= 0.6 is 0 Å². The maximum absolute atomic E-state index is 12.8. The number of nitrogens with one attached hydrogen (secondary N) is 1. The normalized spacial score (nSPS) is 16.9. The second kappa shape index (κ2) is 8.32. The number of piperazine rings is 1. The summed E-state index contributed by atoms with van der Waals surface area (Å²) in [6.45, 7) is 7.22. The van der Waals surface area contributed by atoms with Crippen LogP contribution in [0.1, 0.15) is 27.2 Å². The number of nitro benzene ring substituents is 1. The number of nitro groups is 1. The fourth-order valence-electron chi connectivity index (χ4n) is 2.80. The number of hydrogen-bond donors (Lipinski definition) is 1. The fraction of sp³-hybridized carbons (Fsp3) is 0.588. The molecule has 1 aliphatic rings. The predicted octanol–water partition coefficient (Wildman–Crippen LogP) is 1.21. The summed E-state index contributed by atoms with van der Waals surface area (Å²) in [5, 5.41) is 14.1. The highest BCUT2D eigenvalue weighted by atomic mass is 32.2. The van der Waals surface area contributed by atoms with Gasteiger partial charge in [0.15, 0.2) is 4.90 Å². The van der Waals surface area contributed by atoms with E-state index in [1.165, 1.54) is 28.6 Å². The molecule has 1 N–H and O–H groups in total. The van der Waals surface area contributed by atoms with Gasteiger partial charge in [-0.2, -0.15) is 4.31 Å². The first kappa shape index (κ1) is 21.3. The van der Waals surface area contributed by atoms with E-state index in [2.05, 4.69) is 5.32 Å². The zero-order valence-electron chi connectivity index (χ0n) is 15.8. The number of nitrogens with zero attached hydrogens (tertiary/aromatic N) is 3. The molecule has 0 spiro atoms. The lowest BCUT2D eigenvalue weighted by Crippen LogP contribution is -2.53. The zero-order valence-corrected chi connectivity index (χ0v) is 16.7. The lowest BCUT2D eigenvalue weighted by Gasteiger charge is -2.34. The van der Waals surface area contributed by atoms with Crippen molar-refractivity contribution >= 4 is 21.6 Å². The molecule has 1 saturated heterocycles. The molecule has 1 aromatic rings. The second-order valence-electron chi connectivity index (χ2n) is 7.19. The minimum atomic E-state index is -3.96. The molecule has 9 nitrogen and oxygen atoms in total. The highest BCUT2D eigenvalue weighted by Gasteiger charge is 2.34. The smallest absolute Gasteiger partial charge is 0.289 e. The van der Waals surface area contributed by atoms with Crippen molar-refractivity contribution in [3.8, 4) is 0 Å². The maximum atomic E-state index is 12.8. The lowest BCUT2D eigenvalue weighted by molar-refractivity contribution is -0.387. The van der Waals surface area contributed by atoms with Gasteiger partial charge in [-0.25, -0.2) is 8.42 Å². The van der Waals surface area contributed by atoms with Crippen LogP contribution in [-0.4, -0.2) is 66.7 Å². The van der Waals surface area contributed by atoms with Crippen LogP contribution in [0.2, 0.25) is 0 Å². The first-order valence-electron chi connectivity index (χ1n) is 8.84. The number of para-hydroxylation sites is 1. The van der Waals surface area contributed by atoms with Crippen molar-refractivity contribution < 1.29 is 18.1 Å². The van der Waals surface area contributed by atoms with Crippen LogP contribution in [0, 0.1) is 10.1 Å². The molecule has 0 radical (unpaired) electrons. The van der Waals surface area contributed by atoms with Crippen LogP contribution in [0.5, 0.6) is 0 Å². The van der Waals surface area contributed by atoms with E-state index in [9.17, 15) is 23.3 Å². The van der Waals surface area contributed by atoms with E-state index < -0.39 is 20.6 Å². The second-order valence-corrected chi connectivity index (χ2v) is 9.10. The SMILES string of the molecule is CCC(C)(C)NC(=O)CN1CCN(S(=O)(=O)c2ccccc2[N+](=O)[O-])CC1. The number of hydrogen-bond acceptors (Lipinski definition) is 6. The number of benzene rings is 1. The monoisotopic (exact) mass is 398 g/mol. The van der Waals surface area contributed by atoms with Crippen molar-refractivity contribution in [3.63, 3.8) is 0 Å². The molecule has 2 rings (SSSR count). The molecule has 10 heteroatoms. The third kappa shape index (κ3) is 5.24. The van der Waals surface area contributed by atoms with E-state index in [0.717, 1.165) is 6.42 Å². The summed E-state index contributed by atoms with van der Waals surface area (Å²) < 4.78 is 26.8. The minimum absolute atomic E-state index is 0.100.